The lowest BCUT2D eigenvalue weighted by Crippen LogP contribution is -2.31. The summed E-state index contributed by atoms with van der Waals surface area (Å²) < 4.78 is 10.3. The van der Waals surface area contributed by atoms with Crippen molar-refractivity contribution in [3.05, 3.63) is 29.8 Å². The van der Waals surface area contributed by atoms with E-state index >= 15 is 0 Å². The Balaban J connectivity index is 2.35. The summed E-state index contributed by atoms with van der Waals surface area (Å²) in [6.07, 6.45) is 0. The summed E-state index contributed by atoms with van der Waals surface area (Å²) in [7, 11) is 1.63. The lowest BCUT2D eigenvalue weighted by molar-refractivity contribution is -0.153. The second kappa shape index (κ2) is 6.40. The first kappa shape index (κ1) is 14.5. The summed E-state index contributed by atoms with van der Waals surface area (Å²) in [6, 6.07) is 7.72. The summed E-state index contributed by atoms with van der Waals surface area (Å²) in [5.41, 5.74) is 0.632. The van der Waals surface area contributed by atoms with Crippen LogP contribution in [0.5, 0.6) is 5.75 Å². The quantitative estimate of drug-likeness (QED) is 0.814. The highest BCUT2D eigenvalue weighted by Gasteiger charge is 2.15. The third kappa shape index (κ3) is 5.68. The van der Waals surface area contributed by atoms with E-state index < -0.39 is 5.60 Å². The summed E-state index contributed by atoms with van der Waals surface area (Å²) in [5, 5.41) is 3.05. The highest BCUT2D eigenvalue weighted by Crippen LogP contribution is 2.12. The zero-order chi connectivity index (χ0) is 13.6. The standard InChI is InChI=1S/C14H21NO3/c1-14(2,3)18-13(16)10-15-9-11-6-5-7-12(8-11)17-4/h5-8,15H,9-10H2,1-4H3. The molecule has 0 fully saturated rings. The molecule has 18 heavy (non-hydrogen) atoms. The molecular weight excluding hydrogens is 230 g/mol. The van der Waals surface area contributed by atoms with Gasteiger partial charge in [-0.15, -0.1) is 0 Å². The molecule has 0 atom stereocenters. The van der Waals surface area contributed by atoms with Gasteiger partial charge in [-0.05, 0) is 38.5 Å². The number of carbonyl (C=O) groups excluding carboxylic acids is 1. The maximum atomic E-state index is 11.5. The van der Waals surface area contributed by atoms with Crippen LogP contribution in [0.4, 0.5) is 0 Å². The van der Waals surface area contributed by atoms with E-state index in [1.54, 1.807) is 7.11 Å². The molecule has 1 aromatic rings. The number of benzene rings is 1. The fourth-order valence-corrected chi connectivity index (χ4v) is 1.47. The van der Waals surface area contributed by atoms with Gasteiger partial charge in [0.05, 0.1) is 13.7 Å². The SMILES string of the molecule is COc1cccc(CNCC(=O)OC(C)(C)C)c1. The van der Waals surface area contributed by atoms with E-state index in [2.05, 4.69) is 5.32 Å². The van der Waals surface area contributed by atoms with Crippen molar-refractivity contribution in [3.63, 3.8) is 0 Å². The molecule has 1 rings (SSSR count). The average molecular weight is 251 g/mol. The number of ether oxygens (including phenoxy) is 2. The molecule has 0 amide bonds. The molecule has 0 heterocycles. The minimum atomic E-state index is -0.436. The van der Waals surface area contributed by atoms with Crippen LogP contribution in [0.15, 0.2) is 24.3 Å². The van der Waals surface area contributed by atoms with Crippen LogP contribution in [0.25, 0.3) is 0 Å². The minimum Gasteiger partial charge on any atom is -0.497 e. The van der Waals surface area contributed by atoms with Crippen LogP contribution >= 0.6 is 0 Å². The normalized spacial score (nSPS) is 11.1. The smallest absolute Gasteiger partial charge is 0.320 e. The molecule has 0 saturated carbocycles. The maximum Gasteiger partial charge on any atom is 0.320 e. The van der Waals surface area contributed by atoms with Crippen LogP contribution < -0.4 is 10.1 Å². The monoisotopic (exact) mass is 251 g/mol. The number of esters is 1. The van der Waals surface area contributed by atoms with E-state index in [0.717, 1.165) is 11.3 Å². The van der Waals surface area contributed by atoms with Crippen molar-refractivity contribution in [2.75, 3.05) is 13.7 Å². The molecule has 1 aromatic carbocycles. The highest BCUT2D eigenvalue weighted by molar-refractivity contribution is 5.72. The second-order valence-electron chi connectivity index (χ2n) is 5.04. The van der Waals surface area contributed by atoms with Gasteiger partial charge >= 0.3 is 5.97 Å². The lowest BCUT2D eigenvalue weighted by atomic mass is 10.2. The third-order valence-electron chi connectivity index (χ3n) is 2.15. The Kier molecular flexibility index (Phi) is 5.16. The molecule has 0 spiro atoms. The molecule has 0 aliphatic rings. The van der Waals surface area contributed by atoms with E-state index in [1.807, 2.05) is 45.0 Å². The topological polar surface area (TPSA) is 47.6 Å². The summed E-state index contributed by atoms with van der Waals surface area (Å²) in [5.74, 6) is 0.567. The van der Waals surface area contributed by atoms with E-state index in [9.17, 15) is 4.79 Å². The third-order valence-corrected chi connectivity index (χ3v) is 2.15. The molecule has 1 N–H and O–H groups in total. The van der Waals surface area contributed by atoms with Gasteiger partial charge in [0, 0.05) is 6.54 Å². The van der Waals surface area contributed by atoms with Crippen LogP contribution in [0.2, 0.25) is 0 Å². The van der Waals surface area contributed by atoms with Crippen molar-refractivity contribution in [1.29, 1.82) is 0 Å². The molecule has 4 heteroatoms. The van der Waals surface area contributed by atoms with E-state index in [1.165, 1.54) is 0 Å². The fourth-order valence-electron chi connectivity index (χ4n) is 1.47. The predicted molar refractivity (Wildman–Crippen MR) is 70.5 cm³/mol. The zero-order valence-electron chi connectivity index (χ0n) is 11.4. The van der Waals surface area contributed by atoms with Crippen molar-refractivity contribution in [2.45, 2.75) is 32.9 Å². The molecule has 0 radical (unpaired) electrons. The van der Waals surface area contributed by atoms with Gasteiger partial charge in [-0.3, -0.25) is 4.79 Å². The minimum absolute atomic E-state index is 0.203. The van der Waals surface area contributed by atoms with Gasteiger partial charge in [-0.1, -0.05) is 12.1 Å². The average Bonchev–Trinajstić information content (AvgIpc) is 2.27. The van der Waals surface area contributed by atoms with Crippen molar-refractivity contribution < 1.29 is 14.3 Å². The number of methoxy groups -OCH3 is 1. The van der Waals surface area contributed by atoms with Crippen molar-refractivity contribution in [1.82, 2.24) is 5.32 Å². The predicted octanol–water partition coefficient (Wildman–Crippen LogP) is 2.13. The van der Waals surface area contributed by atoms with Crippen molar-refractivity contribution in [3.8, 4) is 5.75 Å². The summed E-state index contributed by atoms with van der Waals surface area (Å²) in [6.45, 7) is 6.37. The Bertz CT molecular complexity index is 396. The molecule has 0 aromatic heterocycles. The zero-order valence-corrected chi connectivity index (χ0v) is 11.4. The van der Waals surface area contributed by atoms with Gasteiger partial charge in [0.1, 0.15) is 11.4 Å². The van der Waals surface area contributed by atoms with E-state index in [-0.39, 0.29) is 12.5 Å². The number of nitrogens with one attached hydrogen (secondary N) is 1. The number of carbonyl (C=O) groups is 1. The molecule has 0 bridgehead atoms. The fraction of sp³-hybridized carbons (Fsp3) is 0.500. The largest absolute Gasteiger partial charge is 0.497 e. The Morgan fingerprint density at radius 1 is 1.33 bits per heavy atom. The second-order valence-corrected chi connectivity index (χ2v) is 5.04. The molecule has 0 aliphatic heterocycles. The molecule has 100 valence electrons. The van der Waals surface area contributed by atoms with Crippen LogP contribution in [0.1, 0.15) is 26.3 Å². The van der Waals surface area contributed by atoms with Crippen molar-refractivity contribution >= 4 is 5.97 Å². The van der Waals surface area contributed by atoms with Gasteiger partial charge in [0.25, 0.3) is 0 Å². The highest BCUT2D eigenvalue weighted by atomic mass is 16.6. The first-order valence-electron chi connectivity index (χ1n) is 5.96. The van der Waals surface area contributed by atoms with E-state index in [4.69, 9.17) is 9.47 Å². The van der Waals surface area contributed by atoms with Crippen LogP contribution in [-0.4, -0.2) is 25.2 Å². The Morgan fingerprint density at radius 2 is 2.06 bits per heavy atom. The first-order chi connectivity index (χ1) is 8.40. The molecule has 0 aliphatic carbocycles. The van der Waals surface area contributed by atoms with Crippen LogP contribution in [0.3, 0.4) is 0 Å². The molecular formula is C14H21NO3. The number of rotatable bonds is 5. The van der Waals surface area contributed by atoms with Crippen molar-refractivity contribution in [2.24, 2.45) is 0 Å². The summed E-state index contributed by atoms with van der Waals surface area (Å²) >= 11 is 0. The Morgan fingerprint density at radius 3 is 2.67 bits per heavy atom. The lowest BCUT2D eigenvalue weighted by Gasteiger charge is -2.19. The molecule has 4 nitrogen and oxygen atoms in total. The first-order valence-corrected chi connectivity index (χ1v) is 5.96. The van der Waals surface area contributed by atoms with Gasteiger partial charge in [-0.25, -0.2) is 0 Å². The maximum absolute atomic E-state index is 11.5. The Hall–Kier alpha value is -1.55. The van der Waals surface area contributed by atoms with Gasteiger partial charge in [-0.2, -0.15) is 0 Å². The van der Waals surface area contributed by atoms with Gasteiger partial charge < -0.3 is 14.8 Å². The molecule has 0 saturated heterocycles. The number of hydrogen-bond donors (Lipinski definition) is 1. The Labute approximate surface area is 108 Å². The van der Waals surface area contributed by atoms with Crippen LogP contribution in [0, 0.1) is 0 Å². The van der Waals surface area contributed by atoms with E-state index in [0.29, 0.717) is 6.54 Å². The van der Waals surface area contributed by atoms with Gasteiger partial charge in [0.2, 0.25) is 0 Å². The van der Waals surface area contributed by atoms with Crippen LogP contribution in [-0.2, 0) is 16.1 Å². The molecule has 0 unspecified atom stereocenters. The summed E-state index contributed by atoms with van der Waals surface area (Å²) in [4.78, 5) is 11.5. The van der Waals surface area contributed by atoms with Gasteiger partial charge in [0.15, 0.2) is 0 Å². The number of hydrogen-bond acceptors (Lipinski definition) is 4.